The maximum atomic E-state index is 11.9. The molecular weight excluding hydrogens is 317 g/mol. The summed E-state index contributed by atoms with van der Waals surface area (Å²) in [6.45, 7) is 1.19. The first-order valence-corrected chi connectivity index (χ1v) is 6.88. The third-order valence-electron chi connectivity index (χ3n) is 2.47. The number of nitrogens with zero attached hydrogens (tertiary/aromatic N) is 1. The minimum atomic E-state index is -4.74. The van der Waals surface area contributed by atoms with Gasteiger partial charge in [-0.2, -0.15) is 13.2 Å². The average Bonchev–Trinajstić information content (AvgIpc) is 2.29. The van der Waals surface area contributed by atoms with Gasteiger partial charge < -0.3 is 0 Å². The van der Waals surface area contributed by atoms with E-state index in [1.54, 1.807) is 0 Å². The molecule has 0 heterocycles. The molecular formula is C10H11F3N2O5S. The van der Waals surface area contributed by atoms with Crippen molar-refractivity contribution in [3.05, 3.63) is 33.4 Å². The zero-order chi connectivity index (χ0) is 16.4. The zero-order valence-electron chi connectivity index (χ0n) is 10.9. The van der Waals surface area contributed by atoms with Gasteiger partial charge in [-0.05, 0) is 31.0 Å². The number of benzene rings is 1. The van der Waals surface area contributed by atoms with Gasteiger partial charge in [-0.1, -0.05) is 4.89 Å². The Labute approximate surface area is 117 Å². The molecule has 0 atom stereocenters. The number of nitro groups is 1. The highest BCUT2D eigenvalue weighted by Gasteiger charge is 2.31. The molecule has 0 aromatic heterocycles. The lowest BCUT2D eigenvalue weighted by Gasteiger charge is -2.10. The van der Waals surface area contributed by atoms with Gasteiger partial charge in [0.25, 0.3) is 15.7 Å². The maximum Gasteiger partial charge on any atom is 0.413 e. The van der Waals surface area contributed by atoms with E-state index in [4.69, 9.17) is 0 Å². The van der Waals surface area contributed by atoms with Gasteiger partial charge >= 0.3 is 6.18 Å². The Balaban J connectivity index is 3.13. The van der Waals surface area contributed by atoms with Crippen LogP contribution in [-0.2, 0) is 14.9 Å². The fourth-order valence-corrected chi connectivity index (χ4v) is 2.41. The monoisotopic (exact) mass is 328 g/mol. The largest absolute Gasteiger partial charge is 0.413 e. The predicted octanol–water partition coefficient (Wildman–Crippen LogP) is 1.98. The van der Waals surface area contributed by atoms with Gasteiger partial charge in [-0.15, -0.1) is 0 Å². The van der Waals surface area contributed by atoms with Crippen molar-refractivity contribution in [3.63, 3.8) is 0 Å². The van der Waals surface area contributed by atoms with E-state index in [9.17, 15) is 31.7 Å². The summed E-state index contributed by atoms with van der Waals surface area (Å²) in [5.74, 6) is 0. The topological polar surface area (TPSA) is 98.5 Å². The maximum absolute atomic E-state index is 11.9. The van der Waals surface area contributed by atoms with Crippen molar-refractivity contribution in [1.29, 1.82) is 0 Å². The molecule has 0 saturated heterocycles. The van der Waals surface area contributed by atoms with E-state index in [2.05, 4.69) is 4.84 Å². The smallest absolute Gasteiger partial charge is 0.277 e. The van der Waals surface area contributed by atoms with E-state index in [1.165, 1.54) is 18.7 Å². The second-order valence-electron chi connectivity index (χ2n) is 4.15. The van der Waals surface area contributed by atoms with Crippen LogP contribution in [0.5, 0.6) is 0 Å². The molecule has 0 unspecified atom stereocenters. The summed E-state index contributed by atoms with van der Waals surface area (Å²) < 4.78 is 59.3. The van der Waals surface area contributed by atoms with Crippen LogP contribution in [0.1, 0.15) is 11.1 Å². The molecule has 0 amide bonds. The van der Waals surface area contributed by atoms with Gasteiger partial charge in [0.2, 0.25) is 0 Å². The van der Waals surface area contributed by atoms with Crippen molar-refractivity contribution >= 4 is 15.7 Å². The van der Waals surface area contributed by atoms with E-state index in [0.29, 0.717) is 11.1 Å². The van der Waals surface area contributed by atoms with Crippen molar-refractivity contribution in [1.82, 2.24) is 4.89 Å². The Kier molecular flexibility index (Phi) is 4.91. The fraction of sp³-hybridized carbons (Fsp3) is 0.400. The molecule has 1 N–H and O–H groups in total. The standard InChI is InChI=1S/C10H11F3N2O5S/c1-6-3-8(15(16)17)9(4-7(6)2)21(18,19)14-20-5-10(11,12)13/h3-4,14H,5H2,1-2H3. The zero-order valence-corrected chi connectivity index (χ0v) is 11.7. The molecule has 0 saturated carbocycles. The normalized spacial score (nSPS) is 12.4. The Morgan fingerprint density at radius 3 is 2.29 bits per heavy atom. The van der Waals surface area contributed by atoms with Crippen molar-refractivity contribution in [2.75, 3.05) is 6.61 Å². The number of hydrogen-bond acceptors (Lipinski definition) is 5. The van der Waals surface area contributed by atoms with Crippen LogP contribution in [0.25, 0.3) is 0 Å². The summed E-state index contributed by atoms with van der Waals surface area (Å²) in [7, 11) is -4.61. The van der Waals surface area contributed by atoms with Crippen molar-refractivity contribution in [2.24, 2.45) is 0 Å². The van der Waals surface area contributed by atoms with Crippen LogP contribution in [0.4, 0.5) is 18.9 Å². The summed E-state index contributed by atoms with van der Waals surface area (Å²) in [5.41, 5.74) is 0.148. The Morgan fingerprint density at radius 1 is 1.29 bits per heavy atom. The number of rotatable bonds is 5. The second-order valence-corrected chi connectivity index (χ2v) is 5.77. The number of hydrogen-bond donors (Lipinski definition) is 1. The first kappa shape index (κ1) is 17.3. The molecule has 0 radical (unpaired) electrons. The molecule has 0 fully saturated rings. The highest BCUT2D eigenvalue weighted by molar-refractivity contribution is 7.89. The summed E-state index contributed by atoms with van der Waals surface area (Å²) in [6, 6.07) is 2.01. The molecule has 0 aliphatic rings. The number of sulfonamides is 1. The van der Waals surface area contributed by atoms with Crippen LogP contribution in [0.2, 0.25) is 0 Å². The minimum Gasteiger partial charge on any atom is -0.277 e. The molecule has 0 bridgehead atoms. The Bertz CT molecular complexity index is 657. The fourth-order valence-electron chi connectivity index (χ4n) is 1.37. The average molecular weight is 328 g/mol. The lowest BCUT2D eigenvalue weighted by Crippen LogP contribution is -2.30. The third-order valence-corrected chi connectivity index (χ3v) is 3.71. The van der Waals surface area contributed by atoms with Gasteiger partial charge in [0, 0.05) is 6.07 Å². The highest BCUT2D eigenvalue weighted by atomic mass is 32.2. The van der Waals surface area contributed by atoms with Gasteiger partial charge in [-0.25, -0.2) is 8.42 Å². The van der Waals surface area contributed by atoms with Gasteiger partial charge in [0.15, 0.2) is 11.5 Å². The van der Waals surface area contributed by atoms with E-state index in [-0.39, 0.29) is 0 Å². The molecule has 7 nitrogen and oxygen atoms in total. The Hall–Kier alpha value is -1.72. The molecule has 0 aliphatic carbocycles. The molecule has 1 rings (SSSR count). The molecule has 11 heteroatoms. The first-order valence-electron chi connectivity index (χ1n) is 5.40. The third kappa shape index (κ3) is 4.65. The molecule has 0 aliphatic heterocycles. The van der Waals surface area contributed by atoms with E-state index in [0.717, 1.165) is 12.1 Å². The Morgan fingerprint density at radius 2 is 1.81 bits per heavy atom. The minimum absolute atomic E-state index is 0.428. The van der Waals surface area contributed by atoms with Crippen LogP contribution < -0.4 is 4.89 Å². The van der Waals surface area contributed by atoms with Crippen molar-refractivity contribution in [3.8, 4) is 0 Å². The number of aryl methyl sites for hydroxylation is 2. The lowest BCUT2D eigenvalue weighted by atomic mass is 10.1. The summed E-state index contributed by atoms with van der Waals surface area (Å²) in [5, 5.41) is 10.9. The second kappa shape index (κ2) is 5.95. The molecule has 21 heavy (non-hydrogen) atoms. The number of nitrogens with one attached hydrogen (secondary N) is 1. The molecule has 0 spiro atoms. The molecule has 1 aromatic rings. The van der Waals surface area contributed by atoms with Crippen LogP contribution in [0.15, 0.2) is 17.0 Å². The lowest BCUT2D eigenvalue weighted by molar-refractivity contribution is -0.387. The predicted molar refractivity (Wildman–Crippen MR) is 64.9 cm³/mol. The summed E-state index contributed by atoms with van der Waals surface area (Å²) in [6.07, 6.45) is -4.74. The SMILES string of the molecule is Cc1cc([N+](=O)[O-])c(S(=O)(=O)NOCC(F)(F)F)cc1C. The number of nitro benzene ring substituents is 1. The van der Waals surface area contributed by atoms with E-state index >= 15 is 0 Å². The highest BCUT2D eigenvalue weighted by Crippen LogP contribution is 2.27. The number of halogens is 3. The first-order chi connectivity index (χ1) is 9.44. The van der Waals surface area contributed by atoms with E-state index in [1.807, 2.05) is 0 Å². The van der Waals surface area contributed by atoms with Crippen LogP contribution in [0.3, 0.4) is 0 Å². The molecule has 118 valence electrons. The van der Waals surface area contributed by atoms with Crippen LogP contribution in [0, 0.1) is 24.0 Å². The van der Waals surface area contributed by atoms with Gasteiger partial charge in [-0.3, -0.25) is 15.0 Å². The molecule has 1 aromatic carbocycles. The number of alkyl halides is 3. The summed E-state index contributed by atoms with van der Waals surface area (Å²) in [4.78, 5) is 14.2. The quantitative estimate of drug-likeness (QED) is 0.658. The van der Waals surface area contributed by atoms with Crippen molar-refractivity contribution in [2.45, 2.75) is 24.9 Å². The van der Waals surface area contributed by atoms with Gasteiger partial charge in [0.05, 0.1) is 4.92 Å². The summed E-state index contributed by atoms with van der Waals surface area (Å²) >= 11 is 0. The van der Waals surface area contributed by atoms with E-state index < -0.39 is 38.3 Å². The van der Waals surface area contributed by atoms with Crippen LogP contribution >= 0.6 is 0 Å². The van der Waals surface area contributed by atoms with Crippen LogP contribution in [-0.4, -0.2) is 26.1 Å². The van der Waals surface area contributed by atoms with Gasteiger partial charge in [0.1, 0.15) is 0 Å². The van der Waals surface area contributed by atoms with Crippen molar-refractivity contribution < 1.29 is 31.3 Å².